The van der Waals surface area contributed by atoms with E-state index >= 15 is 0 Å². The second-order valence-corrected chi connectivity index (χ2v) is 5.86. The minimum absolute atomic E-state index is 0.0625. The zero-order valence-electron chi connectivity index (χ0n) is 12.8. The fourth-order valence-electron chi connectivity index (χ4n) is 3.05. The smallest absolute Gasteiger partial charge is 0.161 e. The lowest BCUT2D eigenvalue weighted by Gasteiger charge is -2.44. The Morgan fingerprint density at radius 1 is 1.14 bits per heavy atom. The number of nitrogens with zero attached hydrogens (tertiary/aromatic N) is 1. The highest BCUT2D eigenvalue weighted by Gasteiger charge is 2.33. The van der Waals surface area contributed by atoms with E-state index in [0.29, 0.717) is 24.6 Å². The van der Waals surface area contributed by atoms with Crippen molar-refractivity contribution in [2.75, 3.05) is 18.0 Å². The van der Waals surface area contributed by atoms with Crippen molar-refractivity contribution >= 4 is 5.69 Å². The lowest BCUT2D eigenvalue weighted by Crippen LogP contribution is -2.53. The molecule has 21 heavy (non-hydrogen) atoms. The van der Waals surface area contributed by atoms with Crippen LogP contribution in [0.2, 0.25) is 0 Å². The van der Waals surface area contributed by atoms with Crippen LogP contribution in [-0.2, 0) is 0 Å². The summed E-state index contributed by atoms with van der Waals surface area (Å²) in [5.41, 5.74) is 0.155. The lowest BCUT2D eigenvalue weighted by molar-refractivity contribution is 0.269. The first-order valence-electron chi connectivity index (χ1n) is 7.60. The third-order valence-electron chi connectivity index (χ3n) is 4.52. The number of nitrogens with one attached hydrogen (secondary N) is 1. The summed E-state index contributed by atoms with van der Waals surface area (Å²) in [6.07, 6.45) is 1.93. The van der Waals surface area contributed by atoms with Crippen molar-refractivity contribution in [2.45, 2.75) is 45.7 Å². The maximum atomic E-state index is 14.0. The van der Waals surface area contributed by atoms with Gasteiger partial charge in [0.1, 0.15) is 5.82 Å². The van der Waals surface area contributed by atoms with Crippen molar-refractivity contribution in [3.05, 3.63) is 29.6 Å². The number of hydrogen-bond acceptors (Lipinski definition) is 2. The lowest BCUT2D eigenvalue weighted by atomic mass is 9.86. The highest BCUT2D eigenvalue weighted by atomic mass is 19.2. The highest BCUT2D eigenvalue weighted by Crippen LogP contribution is 2.31. The first-order chi connectivity index (χ1) is 9.95. The van der Waals surface area contributed by atoms with Crippen LogP contribution in [0.5, 0.6) is 0 Å². The van der Waals surface area contributed by atoms with E-state index < -0.39 is 17.5 Å². The van der Waals surface area contributed by atoms with Crippen LogP contribution in [0.4, 0.5) is 18.9 Å². The Hall–Kier alpha value is -1.23. The molecule has 1 aliphatic rings. The number of rotatable bonds is 4. The molecule has 0 bridgehead atoms. The molecule has 1 N–H and O–H groups in total. The van der Waals surface area contributed by atoms with Crippen molar-refractivity contribution in [1.29, 1.82) is 0 Å². The maximum absolute atomic E-state index is 14.0. The molecule has 0 spiro atoms. The summed E-state index contributed by atoms with van der Waals surface area (Å²) in [5, 5.41) is 3.50. The Morgan fingerprint density at radius 2 is 1.81 bits per heavy atom. The Morgan fingerprint density at radius 3 is 2.48 bits per heavy atom. The van der Waals surface area contributed by atoms with Gasteiger partial charge in [-0.15, -0.1) is 0 Å². The van der Waals surface area contributed by atoms with Gasteiger partial charge in [0, 0.05) is 30.8 Å². The minimum Gasteiger partial charge on any atom is -0.366 e. The molecule has 0 aliphatic carbocycles. The van der Waals surface area contributed by atoms with Gasteiger partial charge in [-0.2, -0.15) is 0 Å². The monoisotopic (exact) mass is 300 g/mol. The van der Waals surface area contributed by atoms with Gasteiger partial charge in [0.2, 0.25) is 0 Å². The SMILES string of the molecule is CCCNC1CCN(c2cc(F)c(F)cc2F)C(C)C1C. The first kappa shape index (κ1) is 16.1. The Bertz CT molecular complexity index is 493. The molecule has 118 valence electrons. The van der Waals surface area contributed by atoms with Crippen molar-refractivity contribution in [2.24, 2.45) is 5.92 Å². The summed E-state index contributed by atoms with van der Waals surface area (Å²) in [7, 11) is 0. The molecule has 1 saturated heterocycles. The van der Waals surface area contributed by atoms with Crippen LogP contribution in [0.25, 0.3) is 0 Å². The molecule has 5 heteroatoms. The van der Waals surface area contributed by atoms with Gasteiger partial charge in [-0.3, -0.25) is 0 Å². The maximum Gasteiger partial charge on any atom is 0.161 e. The van der Waals surface area contributed by atoms with Crippen LogP contribution in [0.1, 0.15) is 33.6 Å². The molecule has 1 aliphatic heterocycles. The molecular formula is C16H23F3N2. The molecule has 0 saturated carbocycles. The Labute approximate surface area is 124 Å². The van der Waals surface area contributed by atoms with E-state index in [9.17, 15) is 13.2 Å². The summed E-state index contributed by atoms with van der Waals surface area (Å²) in [4.78, 5) is 1.84. The van der Waals surface area contributed by atoms with Gasteiger partial charge in [0.15, 0.2) is 11.6 Å². The third-order valence-corrected chi connectivity index (χ3v) is 4.52. The molecule has 3 unspecified atom stereocenters. The van der Waals surface area contributed by atoms with Crippen molar-refractivity contribution in [3.63, 3.8) is 0 Å². The summed E-state index contributed by atoms with van der Waals surface area (Å²) < 4.78 is 40.4. The van der Waals surface area contributed by atoms with Gasteiger partial charge in [0.25, 0.3) is 0 Å². The van der Waals surface area contributed by atoms with Crippen LogP contribution < -0.4 is 10.2 Å². The molecule has 0 aromatic heterocycles. The molecule has 1 aromatic rings. The van der Waals surface area contributed by atoms with Crippen molar-refractivity contribution < 1.29 is 13.2 Å². The van der Waals surface area contributed by atoms with E-state index in [2.05, 4.69) is 19.2 Å². The van der Waals surface area contributed by atoms with Crippen LogP contribution in [-0.4, -0.2) is 25.2 Å². The van der Waals surface area contributed by atoms with E-state index in [0.717, 1.165) is 25.5 Å². The third kappa shape index (κ3) is 3.34. The highest BCUT2D eigenvalue weighted by molar-refractivity contribution is 5.50. The summed E-state index contributed by atoms with van der Waals surface area (Å²) >= 11 is 0. The molecular weight excluding hydrogens is 277 g/mol. The quantitative estimate of drug-likeness (QED) is 0.853. The zero-order valence-corrected chi connectivity index (χ0v) is 12.8. The van der Waals surface area contributed by atoms with Crippen LogP contribution in [0, 0.1) is 23.4 Å². The summed E-state index contributed by atoms with van der Waals surface area (Å²) in [6.45, 7) is 7.83. The number of piperidine rings is 1. The van der Waals surface area contributed by atoms with Gasteiger partial charge in [-0.25, -0.2) is 13.2 Å². The van der Waals surface area contributed by atoms with Crippen LogP contribution >= 0.6 is 0 Å². The fraction of sp³-hybridized carbons (Fsp3) is 0.625. The minimum atomic E-state index is -1.14. The standard InChI is InChI=1S/C16H23F3N2/c1-4-6-20-15-5-7-21(11(3)10(15)2)16-9-13(18)12(17)8-14(16)19/h8-11,15,20H,4-7H2,1-3H3. The number of anilines is 1. The van der Waals surface area contributed by atoms with E-state index in [1.165, 1.54) is 0 Å². The predicted molar refractivity (Wildman–Crippen MR) is 79.0 cm³/mol. The average Bonchev–Trinajstić information content (AvgIpc) is 2.45. The van der Waals surface area contributed by atoms with Crippen molar-refractivity contribution in [3.8, 4) is 0 Å². The molecule has 1 fully saturated rings. The van der Waals surface area contributed by atoms with E-state index in [-0.39, 0.29) is 11.7 Å². The second kappa shape index (κ2) is 6.69. The normalized spacial score (nSPS) is 26.2. The van der Waals surface area contributed by atoms with E-state index in [4.69, 9.17) is 0 Å². The fourth-order valence-corrected chi connectivity index (χ4v) is 3.05. The van der Waals surface area contributed by atoms with Gasteiger partial charge in [0.05, 0.1) is 5.69 Å². The summed E-state index contributed by atoms with van der Waals surface area (Å²) in [5.74, 6) is -2.54. The molecule has 1 aromatic carbocycles. The number of halogens is 3. The molecule has 3 atom stereocenters. The van der Waals surface area contributed by atoms with E-state index in [1.807, 2.05) is 11.8 Å². The Balaban J connectivity index is 2.17. The average molecular weight is 300 g/mol. The van der Waals surface area contributed by atoms with Crippen LogP contribution in [0.15, 0.2) is 12.1 Å². The Kier molecular flexibility index (Phi) is 5.14. The van der Waals surface area contributed by atoms with Gasteiger partial charge < -0.3 is 10.2 Å². The number of benzene rings is 1. The van der Waals surface area contributed by atoms with Crippen molar-refractivity contribution in [1.82, 2.24) is 5.32 Å². The summed E-state index contributed by atoms with van der Waals surface area (Å²) in [6, 6.07) is 2.04. The van der Waals surface area contributed by atoms with Gasteiger partial charge in [-0.1, -0.05) is 13.8 Å². The van der Waals surface area contributed by atoms with E-state index in [1.54, 1.807) is 0 Å². The topological polar surface area (TPSA) is 15.3 Å². The molecule has 2 nitrogen and oxygen atoms in total. The zero-order chi connectivity index (χ0) is 15.6. The largest absolute Gasteiger partial charge is 0.366 e. The van der Waals surface area contributed by atoms with Gasteiger partial charge in [-0.05, 0) is 32.2 Å². The molecule has 0 amide bonds. The first-order valence-corrected chi connectivity index (χ1v) is 7.60. The number of hydrogen-bond donors (Lipinski definition) is 1. The molecule has 2 rings (SSSR count). The predicted octanol–water partition coefficient (Wildman–Crippen LogP) is 3.71. The van der Waals surface area contributed by atoms with Gasteiger partial charge >= 0.3 is 0 Å². The molecule has 0 radical (unpaired) electrons. The van der Waals surface area contributed by atoms with Crippen LogP contribution in [0.3, 0.4) is 0 Å². The molecule has 1 heterocycles. The second-order valence-electron chi connectivity index (χ2n) is 5.86.